The first-order valence-corrected chi connectivity index (χ1v) is 6.82. The number of rotatable bonds is 6. The SMILES string of the molecule is CC(C)S(=O)(=O)Nc1ccc(OCC(=O)O)cc1. The molecule has 0 radical (unpaired) electrons. The Morgan fingerprint density at radius 1 is 1.33 bits per heavy atom. The summed E-state index contributed by atoms with van der Waals surface area (Å²) in [5.74, 6) is -0.704. The number of aliphatic carboxylic acids is 1. The molecule has 0 fully saturated rings. The fourth-order valence-electron chi connectivity index (χ4n) is 1.05. The minimum Gasteiger partial charge on any atom is -0.482 e. The summed E-state index contributed by atoms with van der Waals surface area (Å²) in [6.07, 6.45) is 0. The van der Waals surface area contributed by atoms with Crippen molar-refractivity contribution < 1.29 is 23.1 Å². The van der Waals surface area contributed by atoms with E-state index in [1.54, 1.807) is 13.8 Å². The van der Waals surface area contributed by atoms with Crippen molar-refractivity contribution in [2.24, 2.45) is 0 Å². The summed E-state index contributed by atoms with van der Waals surface area (Å²) in [5, 5.41) is 7.90. The summed E-state index contributed by atoms with van der Waals surface area (Å²) in [7, 11) is -3.37. The standard InChI is InChI=1S/C11H15NO5S/c1-8(2)18(15,16)12-9-3-5-10(6-4-9)17-7-11(13)14/h3-6,8,12H,7H2,1-2H3,(H,13,14). The van der Waals surface area contributed by atoms with Gasteiger partial charge >= 0.3 is 5.97 Å². The Morgan fingerprint density at radius 2 is 1.89 bits per heavy atom. The van der Waals surface area contributed by atoms with Gasteiger partial charge in [0.1, 0.15) is 5.75 Å². The third-order valence-electron chi connectivity index (χ3n) is 2.10. The van der Waals surface area contributed by atoms with Crippen molar-refractivity contribution in [2.75, 3.05) is 11.3 Å². The highest BCUT2D eigenvalue weighted by molar-refractivity contribution is 7.93. The van der Waals surface area contributed by atoms with Crippen LogP contribution < -0.4 is 9.46 Å². The summed E-state index contributed by atoms with van der Waals surface area (Å²) in [6.45, 7) is 2.72. The summed E-state index contributed by atoms with van der Waals surface area (Å²) < 4.78 is 30.5. The fourth-order valence-corrected chi connectivity index (χ4v) is 1.75. The van der Waals surface area contributed by atoms with Crippen molar-refractivity contribution in [1.29, 1.82) is 0 Å². The largest absolute Gasteiger partial charge is 0.482 e. The van der Waals surface area contributed by atoms with E-state index in [0.29, 0.717) is 11.4 Å². The Morgan fingerprint density at radius 3 is 2.33 bits per heavy atom. The topological polar surface area (TPSA) is 92.7 Å². The number of carboxylic acid groups (broad SMARTS) is 1. The van der Waals surface area contributed by atoms with E-state index >= 15 is 0 Å². The number of hydrogen-bond acceptors (Lipinski definition) is 4. The molecule has 0 atom stereocenters. The molecule has 18 heavy (non-hydrogen) atoms. The first kappa shape index (κ1) is 14.3. The van der Waals surface area contributed by atoms with Gasteiger partial charge in [-0.3, -0.25) is 4.72 Å². The van der Waals surface area contributed by atoms with Crippen LogP contribution in [0.1, 0.15) is 13.8 Å². The summed E-state index contributed by atoms with van der Waals surface area (Å²) in [6, 6.07) is 6.02. The molecule has 6 nitrogen and oxygen atoms in total. The maximum absolute atomic E-state index is 11.6. The van der Waals surface area contributed by atoms with Gasteiger partial charge in [0, 0.05) is 5.69 Å². The van der Waals surface area contributed by atoms with E-state index < -0.39 is 27.8 Å². The van der Waals surface area contributed by atoms with Gasteiger partial charge < -0.3 is 9.84 Å². The van der Waals surface area contributed by atoms with Crippen molar-refractivity contribution >= 4 is 21.7 Å². The lowest BCUT2D eigenvalue weighted by atomic mass is 10.3. The van der Waals surface area contributed by atoms with Crippen LogP contribution in [0.2, 0.25) is 0 Å². The molecular weight excluding hydrogens is 258 g/mol. The molecule has 0 amide bonds. The number of sulfonamides is 1. The Kier molecular flexibility index (Phi) is 4.55. The molecule has 1 aromatic carbocycles. The van der Waals surface area contributed by atoms with Crippen LogP contribution in [0.25, 0.3) is 0 Å². The molecule has 0 aliphatic rings. The molecule has 0 spiro atoms. The molecule has 0 heterocycles. The molecule has 2 N–H and O–H groups in total. The van der Waals surface area contributed by atoms with Gasteiger partial charge in [-0.2, -0.15) is 0 Å². The van der Waals surface area contributed by atoms with E-state index in [4.69, 9.17) is 9.84 Å². The molecular formula is C11H15NO5S. The number of anilines is 1. The second-order valence-electron chi connectivity index (χ2n) is 3.90. The second kappa shape index (κ2) is 5.72. The molecule has 0 saturated carbocycles. The van der Waals surface area contributed by atoms with Crippen molar-refractivity contribution in [3.05, 3.63) is 24.3 Å². The highest BCUT2D eigenvalue weighted by Crippen LogP contribution is 2.17. The van der Waals surface area contributed by atoms with Crippen molar-refractivity contribution in [1.82, 2.24) is 0 Å². The van der Waals surface area contributed by atoms with E-state index in [2.05, 4.69) is 4.72 Å². The van der Waals surface area contributed by atoms with Crippen LogP contribution in [0.3, 0.4) is 0 Å². The smallest absolute Gasteiger partial charge is 0.341 e. The van der Waals surface area contributed by atoms with Crippen LogP contribution in [0, 0.1) is 0 Å². The molecule has 0 aliphatic carbocycles. The van der Waals surface area contributed by atoms with E-state index in [1.165, 1.54) is 24.3 Å². The molecule has 7 heteroatoms. The van der Waals surface area contributed by atoms with Crippen LogP contribution in [-0.4, -0.2) is 31.4 Å². The maximum Gasteiger partial charge on any atom is 0.341 e. The van der Waals surface area contributed by atoms with Crippen molar-refractivity contribution in [3.8, 4) is 5.75 Å². The lowest BCUT2D eigenvalue weighted by molar-refractivity contribution is -0.139. The Hall–Kier alpha value is -1.76. The third-order valence-corrected chi connectivity index (χ3v) is 3.86. The quantitative estimate of drug-likeness (QED) is 0.815. The van der Waals surface area contributed by atoms with Gasteiger partial charge in [-0.05, 0) is 38.1 Å². The van der Waals surface area contributed by atoms with Crippen LogP contribution in [0.5, 0.6) is 5.75 Å². The van der Waals surface area contributed by atoms with Gasteiger partial charge in [0.15, 0.2) is 6.61 Å². The zero-order valence-corrected chi connectivity index (χ0v) is 10.9. The molecule has 0 saturated heterocycles. The van der Waals surface area contributed by atoms with Crippen LogP contribution in [0.4, 0.5) is 5.69 Å². The lowest BCUT2D eigenvalue weighted by Gasteiger charge is -2.11. The first-order chi connectivity index (χ1) is 8.31. The summed E-state index contributed by atoms with van der Waals surface area (Å²) in [4.78, 5) is 10.3. The second-order valence-corrected chi connectivity index (χ2v) is 6.14. The number of ether oxygens (including phenoxy) is 1. The van der Waals surface area contributed by atoms with Gasteiger partial charge in [-0.25, -0.2) is 13.2 Å². The summed E-state index contributed by atoms with van der Waals surface area (Å²) >= 11 is 0. The van der Waals surface area contributed by atoms with Crippen LogP contribution in [0.15, 0.2) is 24.3 Å². The normalized spacial score (nSPS) is 11.3. The Labute approximate surface area is 106 Å². The summed E-state index contributed by atoms with van der Waals surface area (Å²) in [5.41, 5.74) is 0.409. The van der Waals surface area contributed by atoms with Crippen molar-refractivity contribution in [2.45, 2.75) is 19.1 Å². The van der Waals surface area contributed by atoms with Gasteiger partial charge in [-0.1, -0.05) is 0 Å². The minimum atomic E-state index is -3.37. The van der Waals surface area contributed by atoms with Gasteiger partial charge in [-0.15, -0.1) is 0 Å². The van der Waals surface area contributed by atoms with E-state index in [1.807, 2.05) is 0 Å². The Balaban J connectivity index is 2.69. The third kappa shape index (κ3) is 4.25. The van der Waals surface area contributed by atoms with Crippen LogP contribution >= 0.6 is 0 Å². The molecule has 0 aromatic heterocycles. The molecule has 1 rings (SSSR count). The number of benzene rings is 1. The molecule has 0 aliphatic heterocycles. The first-order valence-electron chi connectivity index (χ1n) is 5.27. The van der Waals surface area contributed by atoms with E-state index in [0.717, 1.165) is 0 Å². The van der Waals surface area contributed by atoms with Crippen molar-refractivity contribution in [3.63, 3.8) is 0 Å². The maximum atomic E-state index is 11.6. The van der Waals surface area contributed by atoms with Gasteiger partial charge in [0.2, 0.25) is 10.0 Å². The van der Waals surface area contributed by atoms with E-state index in [9.17, 15) is 13.2 Å². The Bertz CT molecular complexity index is 507. The minimum absolute atomic E-state index is 0.366. The van der Waals surface area contributed by atoms with Gasteiger partial charge in [0.25, 0.3) is 0 Å². The average Bonchev–Trinajstić information content (AvgIpc) is 2.27. The van der Waals surface area contributed by atoms with E-state index in [-0.39, 0.29) is 0 Å². The average molecular weight is 273 g/mol. The lowest BCUT2D eigenvalue weighted by Crippen LogP contribution is -2.22. The predicted octanol–water partition coefficient (Wildman–Crippen LogP) is 1.30. The predicted molar refractivity (Wildman–Crippen MR) is 67.3 cm³/mol. The zero-order chi connectivity index (χ0) is 13.8. The number of hydrogen-bond donors (Lipinski definition) is 2. The van der Waals surface area contributed by atoms with Crippen LogP contribution in [-0.2, 0) is 14.8 Å². The zero-order valence-electron chi connectivity index (χ0n) is 10.1. The monoisotopic (exact) mass is 273 g/mol. The van der Waals surface area contributed by atoms with Gasteiger partial charge in [0.05, 0.1) is 5.25 Å². The molecule has 0 unspecified atom stereocenters. The molecule has 1 aromatic rings. The molecule has 100 valence electrons. The number of carboxylic acids is 1. The number of nitrogens with one attached hydrogen (secondary N) is 1. The molecule has 0 bridgehead atoms. The highest BCUT2D eigenvalue weighted by Gasteiger charge is 2.15. The highest BCUT2D eigenvalue weighted by atomic mass is 32.2. The number of carbonyl (C=O) groups is 1. The fraction of sp³-hybridized carbons (Fsp3) is 0.364.